The summed E-state index contributed by atoms with van der Waals surface area (Å²) < 4.78 is 0. The Balaban J connectivity index is 1.58. The van der Waals surface area contributed by atoms with Crippen LogP contribution in [-0.4, -0.2) is 29.0 Å². The second kappa shape index (κ2) is 7.75. The van der Waals surface area contributed by atoms with E-state index in [-0.39, 0.29) is 11.6 Å². The van der Waals surface area contributed by atoms with Gasteiger partial charge in [0.05, 0.1) is 17.6 Å². The van der Waals surface area contributed by atoms with E-state index in [9.17, 15) is 4.79 Å². The normalized spacial score (nSPS) is 14.1. The summed E-state index contributed by atoms with van der Waals surface area (Å²) in [6, 6.07) is 11.7. The van der Waals surface area contributed by atoms with E-state index in [0.717, 1.165) is 42.2 Å². The molecule has 1 aromatic carbocycles. The van der Waals surface area contributed by atoms with Gasteiger partial charge in [-0.25, -0.2) is 4.98 Å². The van der Waals surface area contributed by atoms with Gasteiger partial charge in [-0.3, -0.25) is 9.78 Å². The van der Waals surface area contributed by atoms with E-state index < -0.39 is 0 Å². The predicted molar refractivity (Wildman–Crippen MR) is 110 cm³/mol. The van der Waals surface area contributed by atoms with Gasteiger partial charge in [-0.05, 0) is 25.3 Å². The molecule has 3 N–H and O–H groups in total. The number of nitrogens with one attached hydrogen (secondary N) is 1. The number of nitrogen functional groups attached to an aromatic ring is 1. The molecule has 0 atom stereocenters. The maximum atomic E-state index is 12.8. The summed E-state index contributed by atoms with van der Waals surface area (Å²) in [4.78, 5) is 23.8. The smallest absolute Gasteiger partial charge is 0.277 e. The van der Waals surface area contributed by atoms with Crippen molar-refractivity contribution in [1.29, 1.82) is 0 Å². The Labute approximate surface area is 162 Å². The Hall–Kier alpha value is -2.93. The number of piperidine rings is 1. The molecule has 1 amide bonds. The first-order valence-corrected chi connectivity index (χ1v) is 9.86. The zero-order valence-electron chi connectivity index (χ0n) is 14.9. The van der Waals surface area contributed by atoms with E-state index in [2.05, 4.69) is 20.2 Å². The van der Waals surface area contributed by atoms with Crippen LogP contribution in [0.4, 0.5) is 16.4 Å². The summed E-state index contributed by atoms with van der Waals surface area (Å²) >= 11 is 1.32. The highest BCUT2D eigenvalue weighted by Gasteiger charge is 2.20. The molecule has 0 aliphatic carbocycles. The fourth-order valence-corrected chi connectivity index (χ4v) is 4.11. The number of rotatable bonds is 4. The largest absolute Gasteiger partial charge is 0.389 e. The van der Waals surface area contributed by atoms with Crippen molar-refractivity contribution >= 4 is 33.6 Å². The summed E-state index contributed by atoms with van der Waals surface area (Å²) in [5, 5.41) is 4.10. The molecular weight excluding hydrogens is 358 g/mol. The number of hydrogen-bond donors (Lipinski definition) is 2. The Kier molecular flexibility index (Phi) is 5.02. The molecule has 2 aromatic heterocycles. The van der Waals surface area contributed by atoms with Crippen LogP contribution in [0.5, 0.6) is 0 Å². The van der Waals surface area contributed by atoms with Crippen molar-refractivity contribution in [3.63, 3.8) is 0 Å². The third kappa shape index (κ3) is 3.78. The molecule has 0 saturated carbocycles. The molecule has 4 rings (SSSR count). The van der Waals surface area contributed by atoms with Crippen molar-refractivity contribution in [3.8, 4) is 10.6 Å². The molecule has 0 bridgehead atoms. The molecule has 0 unspecified atom stereocenters. The topological polar surface area (TPSA) is 84.1 Å². The standard InChI is InChI=1S/C20H21N5OS/c21-18-17(24-20(27-18)14-7-3-1-4-8-14)19(26)23-15-13-22-10-9-16(15)25-11-5-2-6-12-25/h1,3-4,7-10,13H,2,5-6,11-12,21H2,(H,23,26). The third-order valence-electron chi connectivity index (χ3n) is 4.63. The van der Waals surface area contributed by atoms with Crippen molar-refractivity contribution in [2.75, 3.05) is 29.0 Å². The first-order chi connectivity index (χ1) is 13.2. The van der Waals surface area contributed by atoms with Gasteiger partial charge in [0.15, 0.2) is 5.69 Å². The van der Waals surface area contributed by atoms with Crippen LogP contribution < -0.4 is 16.0 Å². The van der Waals surface area contributed by atoms with Crippen molar-refractivity contribution in [1.82, 2.24) is 9.97 Å². The number of hydrogen-bond acceptors (Lipinski definition) is 6. The SMILES string of the molecule is Nc1sc(-c2ccccc2)nc1C(=O)Nc1cnccc1N1CCCCC1. The molecule has 0 radical (unpaired) electrons. The van der Waals surface area contributed by atoms with Gasteiger partial charge in [0.25, 0.3) is 5.91 Å². The van der Waals surface area contributed by atoms with Crippen molar-refractivity contribution < 1.29 is 4.79 Å². The maximum Gasteiger partial charge on any atom is 0.277 e. The Morgan fingerprint density at radius 1 is 1.11 bits per heavy atom. The Morgan fingerprint density at radius 3 is 2.67 bits per heavy atom. The monoisotopic (exact) mass is 379 g/mol. The van der Waals surface area contributed by atoms with E-state index in [4.69, 9.17) is 5.73 Å². The lowest BCUT2D eigenvalue weighted by Crippen LogP contribution is -2.30. The quantitative estimate of drug-likeness (QED) is 0.715. The molecule has 7 heteroatoms. The van der Waals surface area contributed by atoms with E-state index in [1.54, 1.807) is 12.4 Å². The van der Waals surface area contributed by atoms with Gasteiger partial charge >= 0.3 is 0 Å². The van der Waals surface area contributed by atoms with Gasteiger partial charge in [0.2, 0.25) is 0 Å². The van der Waals surface area contributed by atoms with Crippen LogP contribution in [0.25, 0.3) is 10.6 Å². The van der Waals surface area contributed by atoms with Crippen LogP contribution in [0.15, 0.2) is 48.8 Å². The fourth-order valence-electron chi connectivity index (χ4n) is 3.27. The van der Waals surface area contributed by atoms with E-state index in [0.29, 0.717) is 10.7 Å². The van der Waals surface area contributed by atoms with Crippen LogP contribution >= 0.6 is 11.3 Å². The summed E-state index contributed by atoms with van der Waals surface area (Å²) in [5.41, 5.74) is 8.98. The van der Waals surface area contributed by atoms with Crippen LogP contribution in [0.1, 0.15) is 29.8 Å². The number of benzene rings is 1. The fraction of sp³-hybridized carbons (Fsp3) is 0.250. The predicted octanol–water partition coefficient (Wildman–Crippen LogP) is 4.03. The van der Waals surface area contributed by atoms with Gasteiger partial charge in [0, 0.05) is 24.8 Å². The lowest BCUT2D eigenvalue weighted by molar-refractivity contribution is 0.102. The van der Waals surface area contributed by atoms with Gasteiger partial charge in [0.1, 0.15) is 10.0 Å². The number of thiazole rings is 1. The average molecular weight is 379 g/mol. The molecule has 3 aromatic rings. The molecule has 6 nitrogen and oxygen atoms in total. The van der Waals surface area contributed by atoms with Crippen LogP contribution in [0.3, 0.4) is 0 Å². The zero-order chi connectivity index (χ0) is 18.6. The zero-order valence-corrected chi connectivity index (χ0v) is 15.7. The number of pyridine rings is 1. The number of anilines is 3. The molecule has 138 valence electrons. The molecule has 0 spiro atoms. The van der Waals surface area contributed by atoms with Crippen molar-refractivity contribution in [2.24, 2.45) is 0 Å². The Morgan fingerprint density at radius 2 is 1.89 bits per heavy atom. The lowest BCUT2D eigenvalue weighted by atomic mass is 10.1. The van der Waals surface area contributed by atoms with Crippen LogP contribution in [-0.2, 0) is 0 Å². The molecule has 27 heavy (non-hydrogen) atoms. The lowest BCUT2D eigenvalue weighted by Gasteiger charge is -2.30. The Bertz CT molecular complexity index is 935. The number of carbonyl (C=O) groups excluding carboxylic acids is 1. The highest BCUT2D eigenvalue weighted by molar-refractivity contribution is 7.19. The highest BCUT2D eigenvalue weighted by atomic mass is 32.1. The molecular formula is C20H21N5OS. The second-order valence-corrected chi connectivity index (χ2v) is 7.52. The van der Waals surface area contributed by atoms with Crippen LogP contribution in [0, 0.1) is 0 Å². The summed E-state index contributed by atoms with van der Waals surface area (Å²) in [6.45, 7) is 1.98. The average Bonchev–Trinajstić information content (AvgIpc) is 3.12. The molecule has 1 saturated heterocycles. The molecule has 1 aliphatic rings. The summed E-state index contributed by atoms with van der Waals surface area (Å²) in [7, 11) is 0. The number of amides is 1. The number of nitrogens with zero attached hydrogens (tertiary/aromatic N) is 3. The van der Waals surface area contributed by atoms with E-state index in [1.807, 2.05) is 36.4 Å². The van der Waals surface area contributed by atoms with Crippen molar-refractivity contribution in [3.05, 3.63) is 54.5 Å². The van der Waals surface area contributed by atoms with Crippen LogP contribution in [0.2, 0.25) is 0 Å². The molecule has 1 aliphatic heterocycles. The third-order valence-corrected chi connectivity index (χ3v) is 5.57. The number of aromatic nitrogens is 2. The minimum absolute atomic E-state index is 0.257. The second-order valence-electron chi connectivity index (χ2n) is 6.49. The number of carbonyl (C=O) groups is 1. The first kappa shape index (κ1) is 17.5. The summed E-state index contributed by atoms with van der Waals surface area (Å²) in [5.74, 6) is -0.308. The van der Waals surface area contributed by atoms with E-state index >= 15 is 0 Å². The minimum atomic E-state index is -0.308. The maximum absolute atomic E-state index is 12.8. The number of nitrogens with two attached hydrogens (primary N) is 1. The molecule has 3 heterocycles. The molecule has 1 fully saturated rings. The van der Waals surface area contributed by atoms with Gasteiger partial charge in [-0.15, -0.1) is 0 Å². The first-order valence-electron chi connectivity index (χ1n) is 9.04. The summed E-state index contributed by atoms with van der Waals surface area (Å²) in [6.07, 6.45) is 7.01. The van der Waals surface area contributed by atoms with Gasteiger partial charge in [-0.2, -0.15) is 0 Å². The van der Waals surface area contributed by atoms with Gasteiger partial charge < -0.3 is 16.0 Å². The van der Waals surface area contributed by atoms with Crippen molar-refractivity contribution in [2.45, 2.75) is 19.3 Å². The minimum Gasteiger partial charge on any atom is -0.389 e. The highest BCUT2D eigenvalue weighted by Crippen LogP contribution is 2.32. The van der Waals surface area contributed by atoms with Gasteiger partial charge in [-0.1, -0.05) is 41.7 Å². The van der Waals surface area contributed by atoms with E-state index in [1.165, 1.54) is 17.8 Å².